The predicted molar refractivity (Wildman–Crippen MR) is 120 cm³/mol. The lowest BCUT2D eigenvalue weighted by Crippen LogP contribution is -2.48. The molecule has 2 atom stereocenters. The number of nitrogens with zero attached hydrogens (tertiary/aromatic N) is 2. The molecule has 0 unspecified atom stereocenters. The summed E-state index contributed by atoms with van der Waals surface area (Å²) < 4.78 is 6.02. The number of aryl methyl sites for hydroxylation is 1. The molecule has 2 fully saturated rings. The van der Waals surface area contributed by atoms with E-state index < -0.39 is 0 Å². The highest BCUT2D eigenvalue weighted by molar-refractivity contribution is 5.79. The maximum atomic E-state index is 13.0. The molecular formula is C25H33N3O3. The molecule has 2 aliphatic rings. The van der Waals surface area contributed by atoms with E-state index >= 15 is 0 Å². The standard InChI is InChI=1S/C25H33N3O3/c1-18-6-11-24(13-26-18)31-17-20-12-21(25(30)27-22-4-2-3-5-22)16-28(15-20)14-19-7-9-23(29)10-8-19/h6-11,13,20-22,29H,2-5,12,14-17H2,1H3,(H,27,30)/t20-,21+/m0/s1. The maximum Gasteiger partial charge on any atom is 0.224 e. The Bertz CT molecular complexity index is 847. The molecule has 0 radical (unpaired) electrons. The lowest BCUT2D eigenvalue weighted by atomic mass is 9.88. The minimum Gasteiger partial charge on any atom is -0.508 e. The van der Waals surface area contributed by atoms with Crippen LogP contribution in [-0.4, -0.2) is 46.6 Å². The minimum atomic E-state index is -0.0313. The molecule has 1 saturated carbocycles. The van der Waals surface area contributed by atoms with Crippen molar-refractivity contribution >= 4 is 5.91 Å². The topological polar surface area (TPSA) is 74.7 Å². The van der Waals surface area contributed by atoms with Crippen molar-refractivity contribution in [2.45, 2.75) is 51.6 Å². The summed E-state index contributed by atoms with van der Waals surface area (Å²) in [6.45, 7) is 4.93. The van der Waals surface area contributed by atoms with Gasteiger partial charge in [-0.05, 0) is 56.0 Å². The molecule has 2 N–H and O–H groups in total. The van der Waals surface area contributed by atoms with Crippen molar-refractivity contribution < 1.29 is 14.6 Å². The highest BCUT2D eigenvalue weighted by atomic mass is 16.5. The molecule has 166 valence electrons. The number of hydrogen-bond donors (Lipinski definition) is 2. The van der Waals surface area contributed by atoms with Crippen LogP contribution < -0.4 is 10.1 Å². The molecular weight excluding hydrogens is 390 g/mol. The lowest BCUT2D eigenvalue weighted by molar-refractivity contribution is -0.128. The number of pyridine rings is 1. The Kier molecular flexibility index (Phi) is 7.07. The molecule has 6 nitrogen and oxygen atoms in total. The molecule has 1 aromatic carbocycles. The Morgan fingerprint density at radius 2 is 1.94 bits per heavy atom. The van der Waals surface area contributed by atoms with Crippen LogP contribution >= 0.6 is 0 Å². The molecule has 0 spiro atoms. The predicted octanol–water partition coefficient (Wildman–Crippen LogP) is 3.67. The Morgan fingerprint density at radius 3 is 2.65 bits per heavy atom. The number of likely N-dealkylation sites (tertiary alicyclic amines) is 1. The molecule has 6 heteroatoms. The van der Waals surface area contributed by atoms with Crippen LogP contribution in [0.3, 0.4) is 0 Å². The zero-order valence-electron chi connectivity index (χ0n) is 18.3. The molecule has 1 aromatic heterocycles. The van der Waals surface area contributed by atoms with Crippen LogP contribution in [0.1, 0.15) is 43.4 Å². The van der Waals surface area contributed by atoms with Crippen molar-refractivity contribution in [3.05, 3.63) is 53.9 Å². The van der Waals surface area contributed by atoms with Crippen LogP contribution in [0.4, 0.5) is 0 Å². The number of phenolic OH excluding ortho intramolecular Hbond substituents is 1. The Labute approximate surface area is 184 Å². The van der Waals surface area contributed by atoms with E-state index in [1.807, 2.05) is 31.2 Å². The smallest absolute Gasteiger partial charge is 0.224 e. The number of aromatic hydroxyl groups is 1. The third-order valence-electron chi connectivity index (χ3n) is 6.40. The Morgan fingerprint density at radius 1 is 1.16 bits per heavy atom. The molecule has 31 heavy (non-hydrogen) atoms. The van der Waals surface area contributed by atoms with Gasteiger partial charge in [-0.25, -0.2) is 0 Å². The largest absolute Gasteiger partial charge is 0.508 e. The number of phenols is 1. The van der Waals surface area contributed by atoms with Gasteiger partial charge >= 0.3 is 0 Å². The number of hydrogen-bond acceptors (Lipinski definition) is 5. The zero-order chi connectivity index (χ0) is 21.6. The number of rotatable bonds is 7. The molecule has 0 bridgehead atoms. The summed E-state index contributed by atoms with van der Waals surface area (Å²) in [7, 11) is 0. The van der Waals surface area contributed by atoms with Gasteiger partial charge in [0.1, 0.15) is 11.5 Å². The van der Waals surface area contributed by atoms with E-state index in [1.165, 1.54) is 12.8 Å². The van der Waals surface area contributed by atoms with Gasteiger partial charge in [0.2, 0.25) is 5.91 Å². The molecule has 1 amide bonds. The number of ether oxygens (including phenoxy) is 1. The molecule has 2 aromatic rings. The fourth-order valence-corrected chi connectivity index (χ4v) is 4.75. The van der Waals surface area contributed by atoms with Gasteiger partial charge in [-0.15, -0.1) is 0 Å². The molecule has 1 aliphatic heterocycles. The van der Waals surface area contributed by atoms with Gasteiger partial charge in [-0.1, -0.05) is 25.0 Å². The molecule has 2 heterocycles. The van der Waals surface area contributed by atoms with Gasteiger partial charge < -0.3 is 15.2 Å². The number of benzene rings is 1. The maximum absolute atomic E-state index is 13.0. The quantitative estimate of drug-likeness (QED) is 0.711. The van der Waals surface area contributed by atoms with Crippen LogP contribution in [0.2, 0.25) is 0 Å². The number of amides is 1. The summed E-state index contributed by atoms with van der Waals surface area (Å²) in [6, 6.07) is 11.6. The van der Waals surface area contributed by atoms with Gasteiger partial charge in [0.05, 0.1) is 18.7 Å². The second kappa shape index (κ2) is 10.1. The molecule has 1 aliphatic carbocycles. The van der Waals surface area contributed by atoms with Crippen molar-refractivity contribution in [1.29, 1.82) is 0 Å². The second-order valence-corrected chi connectivity index (χ2v) is 9.10. The minimum absolute atomic E-state index is 0.0313. The fraction of sp³-hybridized carbons (Fsp3) is 0.520. The first-order chi connectivity index (χ1) is 15.0. The van der Waals surface area contributed by atoms with Crippen molar-refractivity contribution in [2.24, 2.45) is 11.8 Å². The summed E-state index contributed by atoms with van der Waals surface area (Å²) in [5.74, 6) is 1.47. The number of carbonyl (C=O) groups excluding carboxylic acids is 1. The third-order valence-corrected chi connectivity index (χ3v) is 6.40. The van der Waals surface area contributed by atoms with Gasteiger partial charge in [0, 0.05) is 37.3 Å². The van der Waals surface area contributed by atoms with E-state index in [-0.39, 0.29) is 23.5 Å². The lowest BCUT2D eigenvalue weighted by Gasteiger charge is -2.37. The second-order valence-electron chi connectivity index (χ2n) is 9.10. The third kappa shape index (κ3) is 6.20. The van der Waals surface area contributed by atoms with Crippen LogP contribution in [0.5, 0.6) is 11.5 Å². The van der Waals surface area contributed by atoms with Crippen molar-refractivity contribution in [3.8, 4) is 11.5 Å². The zero-order valence-corrected chi connectivity index (χ0v) is 18.3. The summed E-state index contributed by atoms with van der Waals surface area (Å²) in [6.07, 6.45) is 7.22. The summed E-state index contributed by atoms with van der Waals surface area (Å²) in [4.78, 5) is 19.7. The first-order valence-corrected chi connectivity index (χ1v) is 11.4. The van der Waals surface area contributed by atoms with E-state index in [0.717, 1.165) is 55.9 Å². The van der Waals surface area contributed by atoms with Crippen LogP contribution in [-0.2, 0) is 11.3 Å². The van der Waals surface area contributed by atoms with Crippen molar-refractivity contribution in [3.63, 3.8) is 0 Å². The van der Waals surface area contributed by atoms with Gasteiger partial charge in [-0.2, -0.15) is 0 Å². The number of nitrogens with one attached hydrogen (secondary N) is 1. The van der Waals surface area contributed by atoms with E-state index in [2.05, 4.69) is 15.2 Å². The first-order valence-electron chi connectivity index (χ1n) is 11.4. The first kappa shape index (κ1) is 21.6. The fourth-order valence-electron chi connectivity index (χ4n) is 4.75. The Hall–Kier alpha value is -2.60. The van der Waals surface area contributed by atoms with E-state index in [1.54, 1.807) is 18.3 Å². The van der Waals surface area contributed by atoms with Crippen molar-refractivity contribution in [2.75, 3.05) is 19.7 Å². The molecule has 4 rings (SSSR count). The van der Waals surface area contributed by atoms with E-state index in [9.17, 15) is 9.90 Å². The highest BCUT2D eigenvalue weighted by Gasteiger charge is 2.33. The number of carbonyl (C=O) groups is 1. The van der Waals surface area contributed by atoms with Crippen LogP contribution in [0, 0.1) is 18.8 Å². The van der Waals surface area contributed by atoms with Gasteiger partial charge in [0.25, 0.3) is 0 Å². The van der Waals surface area contributed by atoms with Gasteiger partial charge in [-0.3, -0.25) is 14.7 Å². The summed E-state index contributed by atoms with van der Waals surface area (Å²) >= 11 is 0. The normalized spacial score (nSPS) is 22.4. The highest BCUT2D eigenvalue weighted by Crippen LogP contribution is 2.26. The monoisotopic (exact) mass is 423 g/mol. The number of aromatic nitrogens is 1. The average molecular weight is 424 g/mol. The van der Waals surface area contributed by atoms with Crippen LogP contribution in [0.15, 0.2) is 42.6 Å². The van der Waals surface area contributed by atoms with Gasteiger partial charge in [0.15, 0.2) is 0 Å². The molecule has 1 saturated heterocycles. The summed E-state index contributed by atoms with van der Waals surface area (Å²) in [5.41, 5.74) is 2.10. The van der Waals surface area contributed by atoms with E-state index in [4.69, 9.17) is 4.74 Å². The van der Waals surface area contributed by atoms with Crippen LogP contribution in [0.25, 0.3) is 0 Å². The number of piperidine rings is 1. The summed E-state index contributed by atoms with van der Waals surface area (Å²) in [5, 5.41) is 12.9. The SMILES string of the molecule is Cc1ccc(OC[C@H]2C[C@@H](C(=O)NC3CCCC3)CN(Cc3ccc(O)cc3)C2)cn1. The van der Waals surface area contributed by atoms with E-state index in [0.29, 0.717) is 12.6 Å². The Balaban J connectivity index is 1.40. The van der Waals surface area contributed by atoms with Crippen molar-refractivity contribution in [1.82, 2.24) is 15.2 Å². The average Bonchev–Trinajstić information content (AvgIpc) is 3.28.